The number of likely N-dealkylation sites (tertiary alicyclic amines) is 1. The first-order valence-corrected chi connectivity index (χ1v) is 9.60. The summed E-state index contributed by atoms with van der Waals surface area (Å²) in [5.74, 6) is 1.09. The average Bonchev–Trinajstić information content (AvgIpc) is 3.00. The smallest absolute Gasteiger partial charge is 0.150 e. The topological polar surface area (TPSA) is 50.3 Å². The molecule has 0 radical (unpaired) electrons. The highest BCUT2D eigenvalue weighted by molar-refractivity contribution is 7.91. The zero-order valence-corrected chi connectivity index (χ0v) is 12.8. The van der Waals surface area contributed by atoms with Gasteiger partial charge in [-0.3, -0.25) is 4.90 Å². The number of aromatic nitrogens is 1. The van der Waals surface area contributed by atoms with Crippen LogP contribution >= 0.6 is 11.3 Å². The Morgan fingerprint density at radius 3 is 2.95 bits per heavy atom. The summed E-state index contributed by atoms with van der Waals surface area (Å²) in [6.07, 6.45) is 3.19. The molecule has 2 aliphatic heterocycles. The van der Waals surface area contributed by atoms with E-state index in [9.17, 15) is 8.42 Å². The molecule has 1 aromatic rings. The predicted molar refractivity (Wildman–Crippen MR) is 77.2 cm³/mol. The molecule has 19 heavy (non-hydrogen) atoms. The van der Waals surface area contributed by atoms with Crippen LogP contribution in [0.4, 0.5) is 0 Å². The van der Waals surface area contributed by atoms with E-state index < -0.39 is 9.84 Å². The van der Waals surface area contributed by atoms with Gasteiger partial charge in [0.15, 0.2) is 9.84 Å². The van der Waals surface area contributed by atoms with Crippen LogP contribution in [0.3, 0.4) is 0 Å². The summed E-state index contributed by atoms with van der Waals surface area (Å²) in [7, 11) is -2.76. The van der Waals surface area contributed by atoms with Crippen molar-refractivity contribution in [1.29, 1.82) is 0 Å². The second kappa shape index (κ2) is 5.14. The summed E-state index contributed by atoms with van der Waals surface area (Å²) in [5.41, 5.74) is 1.18. The molecular weight excluding hydrogens is 280 g/mol. The molecule has 0 aliphatic carbocycles. The number of aryl methyl sites for hydroxylation is 1. The van der Waals surface area contributed by atoms with Crippen molar-refractivity contribution in [2.24, 2.45) is 5.92 Å². The number of rotatable bonds is 3. The lowest BCUT2D eigenvalue weighted by atomic mass is 10.1. The molecule has 3 rings (SSSR count). The van der Waals surface area contributed by atoms with Gasteiger partial charge in [0.2, 0.25) is 0 Å². The van der Waals surface area contributed by atoms with Crippen LogP contribution in [0.1, 0.15) is 36.0 Å². The molecule has 0 amide bonds. The molecule has 6 heteroatoms. The van der Waals surface area contributed by atoms with Gasteiger partial charge in [-0.15, -0.1) is 11.3 Å². The summed E-state index contributed by atoms with van der Waals surface area (Å²) < 4.78 is 23.1. The van der Waals surface area contributed by atoms with E-state index in [0.717, 1.165) is 30.9 Å². The summed E-state index contributed by atoms with van der Waals surface area (Å²) in [4.78, 5) is 7.05. The Balaban J connectivity index is 1.67. The first-order valence-electron chi connectivity index (χ1n) is 6.90. The fraction of sp³-hybridized carbons (Fsp3) is 0.769. The van der Waals surface area contributed by atoms with Gasteiger partial charge in [-0.25, -0.2) is 13.4 Å². The average molecular weight is 300 g/mol. The molecule has 106 valence electrons. The van der Waals surface area contributed by atoms with Crippen molar-refractivity contribution in [1.82, 2.24) is 9.88 Å². The molecule has 2 aliphatic rings. The quantitative estimate of drug-likeness (QED) is 0.857. The van der Waals surface area contributed by atoms with Crippen LogP contribution in [0.25, 0.3) is 0 Å². The lowest BCUT2D eigenvalue weighted by Crippen LogP contribution is -2.30. The highest BCUT2D eigenvalue weighted by Gasteiger charge is 2.34. The van der Waals surface area contributed by atoms with E-state index in [2.05, 4.69) is 15.3 Å². The lowest BCUT2D eigenvalue weighted by molar-refractivity contribution is 0.221. The van der Waals surface area contributed by atoms with Crippen LogP contribution in [0.2, 0.25) is 0 Å². The van der Waals surface area contributed by atoms with E-state index in [1.54, 1.807) is 11.3 Å². The van der Waals surface area contributed by atoms with Crippen LogP contribution in [0.5, 0.6) is 0 Å². The summed E-state index contributed by atoms with van der Waals surface area (Å²) in [6.45, 7) is 4.04. The minimum atomic E-state index is -2.76. The van der Waals surface area contributed by atoms with Crippen LogP contribution in [0, 0.1) is 12.8 Å². The van der Waals surface area contributed by atoms with E-state index in [1.165, 1.54) is 12.1 Å². The standard InChI is InChI=1S/C13H20N2O2S2/c1-10-14-12(8-18-10)13-3-2-5-15(13)7-11-4-6-19(16,17)9-11/h8,11,13H,2-7,9H2,1H3/t11-,13+/m0/s1. The first-order chi connectivity index (χ1) is 9.03. The molecule has 1 aromatic heterocycles. The van der Waals surface area contributed by atoms with E-state index in [4.69, 9.17) is 0 Å². The number of hydrogen-bond donors (Lipinski definition) is 0. The minimum absolute atomic E-state index is 0.324. The van der Waals surface area contributed by atoms with Crippen molar-refractivity contribution < 1.29 is 8.42 Å². The molecular formula is C13H20N2O2S2. The molecule has 0 unspecified atom stereocenters. The van der Waals surface area contributed by atoms with E-state index >= 15 is 0 Å². The van der Waals surface area contributed by atoms with E-state index in [1.807, 2.05) is 6.92 Å². The van der Waals surface area contributed by atoms with E-state index in [-0.39, 0.29) is 0 Å². The maximum atomic E-state index is 11.5. The SMILES string of the molecule is Cc1nc([C@H]2CCCN2C[C@@H]2CCS(=O)(=O)C2)cs1. The van der Waals surface area contributed by atoms with Crippen molar-refractivity contribution in [3.05, 3.63) is 16.1 Å². The summed E-state index contributed by atoms with van der Waals surface area (Å²) >= 11 is 1.70. The third kappa shape index (κ3) is 3.01. The van der Waals surface area contributed by atoms with Gasteiger partial charge in [-0.1, -0.05) is 0 Å². The van der Waals surface area contributed by atoms with Gasteiger partial charge in [0.1, 0.15) is 0 Å². The Kier molecular flexibility index (Phi) is 3.66. The van der Waals surface area contributed by atoms with Crippen LogP contribution in [0.15, 0.2) is 5.38 Å². The van der Waals surface area contributed by atoms with Crippen molar-refractivity contribution >= 4 is 21.2 Å². The highest BCUT2D eigenvalue weighted by atomic mass is 32.2. The van der Waals surface area contributed by atoms with E-state index in [0.29, 0.717) is 23.5 Å². The zero-order chi connectivity index (χ0) is 13.5. The zero-order valence-electron chi connectivity index (χ0n) is 11.2. The largest absolute Gasteiger partial charge is 0.294 e. The minimum Gasteiger partial charge on any atom is -0.294 e. The van der Waals surface area contributed by atoms with Crippen LogP contribution in [-0.4, -0.2) is 42.9 Å². The number of hydrogen-bond acceptors (Lipinski definition) is 5. The Bertz CT molecular complexity index is 553. The van der Waals surface area contributed by atoms with Gasteiger partial charge in [0.05, 0.1) is 28.2 Å². The maximum Gasteiger partial charge on any atom is 0.150 e. The molecule has 4 nitrogen and oxygen atoms in total. The van der Waals surface area contributed by atoms with Gasteiger partial charge < -0.3 is 0 Å². The van der Waals surface area contributed by atoms with Crippen LogP contribution in [-0.2, 0) is 9.84 Å². The van der Waals surface area contributed by atoms with Crippen LogP contribution < -0.4 is 0 Å². The monoisotopic (exact) mass is 300 g/mol. The predicted octanol–water partition coefficient (Wildman–Crippen LogP) is 2.02. The maximum absolute atomic E-state index is 11.5. The number of thiazole rings is 1. The lowest BCUT2D eigenvalue weighted by Gasteiger charge is -2.25. The Morgan fingerprint density at radius 1 is 1.47 bits per heavy atom. The fourth-order valence-corrected chi connectivity index (χ4v) is 5.77. The number of sulfone groups is 1. The van der Waals surface area contributed by atoms with Crippen molar-refractivity contribution in [3.63, 3.8) is 0 Å². The Hall–Kier alpha value is -0.460. The second-order valence-corrected chi connectivity index (χ2v) is 9.00. The summed E-state index contributed by atoms with van der Waals surface area (Å²) in [5, 5.41) is 3.27. The summed E-state index contributed by atoms with van der Waals surface area (Å²) in [6, 6.07) is 0.410. The van der Waals surface area contributed by atoms with Crippen molar-refractivity contribution in [2.45, 2.75) is 32.2 Å². The molecule has 0 N–H and O–H groups in total. The molecule has 2 atom stereocenters. The molecule has 2 saturated heterocycles. The second-order valence-electron chi connectivity index (χ2n) is 5.71. The normalized spacial score (nSPS) is 31.0. The Morgan fingerprint density at radius 2 is 2.32 bits per heavy atom. The molecule has 0 spiro atoms. The van der Waals surface area contributed by atoms with Crippen molar-refractivity contribution in [2.75, 3.05) is 24.6 Å². The fourth-order valence-electron chi connectivity index (χ4n) is 3.26. The highest BCUT2D eigenvalue weighted by Crippen LogP contribution is 2.34. The van der Waals surface area contributed by atoms with Gasteiger partial charge in [-0.05, 0) is 38.6 Å². The molecule has 0 saturated carbocycles. The third-order valence-corrected chi connectivity index (χ3v) is 6.79. The number of nitrogens with zero attached hydrogens (tertiary/aromatic N) is 2. The van der Waals surface area contributed by atoms with Gasteiger partial charge in [-0.2, -0.15) is 0 Å². The molecule has 0 bridgehead atoms. The third-order valence-electron chi connectivity index (χ3n) is 4.16. The van der Waals surface area contributed by atoms with Crippen molar-refractivity contribution in [3.8, 4) is 0 Å². The first kappa shape index (κ1) is 13.5. The molecule has 2 fully saturated rings. The molecule has 0 aromatic carbocycles. The van der Waals surface area contributed by atoms with Gasteiger partial charge in [0.25, 0.3) is 0 Å². The molecule has 3 heterocycles. The Labute approximate surface area is 118 Å². The van der Waals surface area contributed by atoms with Gasteiger partial charge in [0, 0.05) is 11.9 Å². The van der Waals surface area contributed by atoms with Gasteiger partial charge >= 0.3 is 0 Å².